The molecule has 1 fully saturated rings. The molecule has 1 heterocycles. The first kappa shape index (κ1) is 13.9. The maximum absolute atomic E-state index is 13.1. The number of likely N-dealkylation sites (tertiary alicyclic amines) is 1. The lowest BCUT2D eigenvalue weighted by atomic mass is 9.93. The second-order valence-corrected chi connectivity index (χ2v) is 5.39. The van der Waals surface area contributed by atoms with E-state index in [9.17, 15) is 14.0 Å². The van der Waals surface area contributed by atoms with Gasteiger partial charge >= 0.3 is 6.09 Å². The molecule has 1 amide bonds. The molecule has 1 aliphatic heterocycles. The maximum Gasteiger partial charge on any atom is 0.410 e. The first-order valence-corrected chi connectivity index (χ1v) is 5.91. The van der Waals surface area contributed by atoms with Gasteiger partial charge in [0.15, 0.2) is 12.5 Å². The van der Waals surface area contributed by atoms with Gasteiger partial charge in [0, 0.05) is 19.0 Å². The molecule has 0 aromatic rings. The number of carbonyl (C=O) groups excluding carboxylic acids is 2. The summed E-state index contributed by atoms with van der Waals surface area (Å²) in [7, 11) is 0. The molecule has 1 atom stereocenters. The monoisotopic (exact) mass is 245 g/mol. The molecule has 0 aliphatic carbocycles. The van der Waals surface area contributed by atoms with Crippen LogP contribution in [0.1, 0.15) is 33.6 Å². The summed E-state index contributed by atoms with van der Waals surface area (Å²) < 4.78 is 18.3. The minimum Gasteiger partial charge on any atom is -0.444 e. The van der Waals surface area contributed by atoms with E-state index in [0.29, 0.717) is 32.2 Å². The standard InChI is InChI=1S/C12H20FNO3/c1-12(2,3)17-11(16)14-6-4-9(5-7-14)10(13)8-15/h8-10H,4-7H2,1-3H3/t10-/m0/s1. The van der Waals surface area contributed by atoms with Crippen LogP contribution >= 0.6 is 0 Å². The molecular weight excluding hydrogens is 225 g/mol. The third-order valence-electron chi connectivity index (χ3n) is 2.77. The summed E-state index contributed by atoms with van der Waals surface area (Å²) in [6, 6.07) is 0. The van der Waals surface area contributed by atoms with Gasteiger partial charge in [-0.15, -0.1) is 0 Å². The van der Waals surface area contributed by atoms with Crippen LogP contribution in [0.2, 0.25) is 0 Å². The molecule has 0 N–H and O–H groups in total. The first-order chi connectivity index (χ1) is 7.83. The van der Waals surface area contributed by atoms with Crippen LogP contribution in [0.25, 0.3) is 0 Å². The summed E-state index contributed by atoms with van der Waals surface area (Å²) in [6.07, 6.45) is -0.403. The van der Waals surface area contributed by atoms with E-state index in [-0.39, 0.29) is 12.0 Å². The van der Waals surface area contributed by atoms with Gasteiger partial charge in [-0.25, -0.2) is 9.18 Å². The lowest BCUT2D eigenvalue weighted by Gasteiger charge is -2.33. The van der Waals surface area contributed by atoms with E-state index in [0.717, 1.165) is 0 Å². The Bertz CT molecular complexity index is 280. The van der Waals surface area contributed by atoms with Crippen molar-refractivity contribution in [2.75, 3.05) is 13.1 Å². The molecule has 0 aromatic carbocycles. The highest BCUT2D eigenvalue weighted by atomic mass is 19.1. The third-order valence-corrected chi connectivity index (χ3v) is 2.77. The van der Waals surface area contributed by atoms with Crippen molar-refractivity contribution in [3.05, 3.63) is 0 Å². The number of aldehydes is 1. The number of carbonyl (C=O) groups is 2. The molecule has 5 heteroatoms. The summed E-state index contributed by atoms with van der Waals surface area (Å²) in [5, 5.41) is 0. The van der Waals surface area contributed by atoms with Crippen LogP contribution in [-0.4, -0.2) is 42.1 Å². The Labute approximate surface area is 101 Å². The number of alkyl halides is 1. The van der Waals surface area contributed by atoms with Gasteiger partial charge in [-0.2, -0.15) is 0 Å². The number of rotatable bonds is 2. The zero-order valence-electron chi connectivity index (χ0n) is 10.6. The molecule has 98 valence electrons. The van der Waals surface area contributed by atoms with E-state index < -0.39 is 11.8 Å². The molecule has 17 heavy (non-hydrogen) atoms. The van der Waals surface area contributed by atoms with Gasteiger partial charge in [0.2, 0.25) is 0 Å². The van der Waals surface area contributed by atoms with Crippen molar-refractivity contribution >= 4 is 12.4 Å². The SMILES string of the molecule is CC(C)(C)OC(=O)N1CCC([C@@H](F)C=O)CC1. The average molecular weight is 245 g/mol. The number of ether oxygens (including phenoxy) is 1. The van der Waals surface area contributed by atoms with E-state index in [1.165, 1.54) is 0 Å². The van der Waals surface area contributed by atoms with E-state index in [1.807, 2.05) is 20.8 Å². The van der Waals surface area contributed by atoms with Crippen molar-refractivity contribution < 1.29 is 18.7 Å². The normalized spacial score (nSPS) is 19.9. The van der Waals surface area contributed by atoms with Gasteiger partial charge in [-0.3, -0.25) is 0 Å². The van der Waals surface area contributed by atoms with Gasteiger partial charge in [0.05, 0.1) is 0 Å². The van der Waals surface area contributed by atoms with E-state index in [1.54, 1.807) is 4.90 Å². The fourth-order valence-corrected chi connectivity index (χ4v) is 1.84. The predicted molar refractivity (Wildman–Crippen MR) is 61.5 cm³/mol. The minimum atomic E-state index is -1.41. The van der Waals surface area contributed by atoms with Crippen molar-refractivity contribution in [3.8, 4) is 0 Å². The summed E-state index contributed by atoms with van der Waals surface area (Å²) in [6.45, 7) is 6.33. The Morgan fingerprint density at radius 1 is 1.41 bits per heavy atom. The van der Waals surface area contributed by atoms with Crippen LogP contribution in [0.3, 0.4) is 0 Å². The number of halogens is 1. The fraction of sp³-hybridized carbons (Fsp3) is 0.833. The quantitative estimate of drug-likeness (QED) is 0.700. The molecule has 0 spiro atoms. The second-order valence-electron chi connectivity index (χ2n) is 5.39. The Kier molecular flexibility index (Phi) is 4.48. The fourth-order valence-electron chi connectivity index (χ4n) is 1.84. The minimum absolute atomic E-state index is 0.258. The van der Waals surface area contributed by atoms with Crippen molar-refractivity contribution in [1.29, 1.82) is 0 Å². The number of nitrogens with zero attached hydrogens (tertiary/aromatic N) is 1. The lowest BCUT2D eigenvalue weighted by Crippen LogP contribution is -2.43. The van der Waals surface area contributed by atoms with Crippen molar-refractivity contribution in [1.82, 2.24) is 4.90 Å². The zero-order chi connectivity index (χ0) is 13.1. The molecule has 4 nitrogen and oxygen atoms in total. The molecule has 0 saturated carbocycles. The number of hydrogen-bond acceptors (Lipinski definition) is 3. The maximum atomic E-state index is 13.1. The van der Waals surface area contributed by atoms with Crippen molar-refractivity contribution in [2.45, 2.75) is 45.4 Å². The highest BCUT2D eigenvalue weighted by Crippen LogP contribution is 2.23. The molecule has 0 unspecified atom stereocenters. The highest BCUT2D eigenvalue weighted by molar-refractivity contribution is 5.68. The van der Waals surface area contributed by atoms with E-state index >= 15 is 0 Å². The summed E-state index contributed by atoms with van der Waals surface area (Å²) in [4.78, 5) is 23.6. The Morgan fingerprint density at radius 3 is 2.35 bits per heavy atom. The molecule has 1 rings (SSSR count). The number of hydrogen-bond donors (Lipinski definition) is 0. The molecule has 0 aromatic heterocycles. The highest BCUT2D eigenvalue weighted by Gasteiger charge is 2.30. The topological polar surface area (TPSA) is 46.6 Å². The smallest absolute Gasteiger partial charge is 0.410 e. The summed E-state index contributed by atoms with van der Waals surface area (Å²) in [5.41, 5.74) is -0.515. The van der Waals surface area contributed by atoms with E-state index in [4.69, 9.17) is 4.74 Å². The summed E-state index contributed by atoms with van der Waals surface area (Å²) >= 11 is 0. The Morgan fingerprint density at radius 2 is 1.94 bits per heavy atom. The van der Waals surface area contributed by atoms with E-state index in [2.05, 4.69) is 0 Å². The van der Waals surface area contributed by atoms with Crippen molar-refractivity contribution in [3.63, 3.8) is 0 Å². The summed E-state index contributed by atoms with van der Waals surface area (Å²) in [5.74, 6) is -0.258. The van der Waals surface area contributed by atoms with Crippen LogP contribution < -0.4 is 0 Å². The zero-order valence-corrected chi connectivity index (χ0v) is 10.6. The molecule has 0 bridgehead atoms. The Hall–Kier alpha value is -1.13. The Balaban J connectivity index is 2.41. The number of amides is 1. The third kappa shape index (κ3) is 4.32. The first-order valence-electron chi connectivity index (χ1n) is 5.91. The van der Waals surface area contributed by atoms with Crippen LogP contribution in [0.15, 0.2) is 0 Å². The molecular formula is C12H20FNO3. The predicted octanol–water partition coefficient (Wildman–Crippen LogP) is 2.17. The van der Waals surface area contributed by atoms with Gasteiger partial charge in [0.25, 0.3) is 0 Å². The second kappa shape index (κ2) is 5.47. The van der Waals surface area contributed by atoms with Gasteiger partial charge < -0.3 is 14.4 Å². The van der Waals surface area contributed by atoms with Crippen LogP contribution in [0.4, 0.5) is 9.18 Å². The lowest BCUT2D eigenvalue weighted by molar-refractivity contribution is -0.114. The van der Waals surface area contributed by atoms with Crippen molar-refractivity contribution in [2.24, 2.45) is 5.92 Å². The van der Waals surface area contributed by atoms with Gasteiger partial charge in [-0.1, -0.05) is 0 Å². The number of piperidine rings is 1. The molecule has 1 saturated heterocycles. The van der Waals surface area contributed by atoms with Crippen LogP contribution in [0.5, 0.6) is 0 Å². The van der Waals surface area contributed by atoms with Crippen LogP contribution in [-0.2, 0) is 9.53 Å². The average Bonchev–Trinajstić information content (AvgIpc) is 2.26. The van der Waals surface area contributed by atoms with Crippen LogP contribution in [0, 0.1) is 5.92 Å². The molecule has 1 aliphatic rings. The van der Waals surface area contributed by atoms with Gasteiger partial charge in [0.1, 0.15) is 5.60 Å². The van der Waals surface area contributed by atoms with Gasteiger partial charge in [-0.05, 0) is 33.6 Å². The largest absolute Gasteiger partial charge is 0.444 e. The molecule has 0 radical (unpaired) electrons.